The van der Waals surface area contributed by atoms with Gasteiger partial charge in [0.25, 0.3) is 0 Å². The molecule has 36 heavy (non-hydrogen) atoms. The molecule has 1 amide bonds. The maximum Gasteiger partial charge on any atom is 0.408 e. The van der Waals surface area contributed by atoms with E-state index in [1.165, 1.54) is 0 Å². The normalized spacial score (nSPS) is 12.0. The molecule has 11 heteroatoms. The summed E-state index contributed by atoms with van der Waals surface area (Å²) >= 11 is 0. The van der Waals surface area contributed by atoms with Crippen molar-refractivity contribution in [3.8, 4) is 5.75 Å². The average Bonchev–Trinajstić information content (AvgIpc) is 2.80. The van der Waals surface area contributed by atoms with Gasteiger partial charge in [-0.25, -0.2) is 13.6 Å². The van der Waals surface area contributed by atoms with Gasteiger partial charge in [0, 0.05) is 12.5 Å². The van der Waals surface area contributed by atoms with Crippen LogP contribution >= 0.6 is 0 Å². The van der Waals surface area contributed by atoms with E-state index in [0.717, 1.165) is 5.56 Å². The number of benzene rings is 2. The zero-order chi connectivity index (χ0) is 26.9. The molecule has 1 N–H and O–H groups in total. The van der Waals surface area contributed by atoms with Gasteiger partial charge >= 0.3 is 12.1 Å². The Morgan fingerprint density at radius 3 is 2.17 bits per heavy atom. The molecule has 0 saturated heterocycles. The standard InChI is InChI=1S/C25H27F4NO6/c1-25(2,3)36-24(33)30-18(10-7-11-20(32)34-13-15-8-5-4-6-9-15)19(31)14-35-23-21(28)16(26)12-17(27)22(23)29/h4-6,8-9,12,18H,7,10-11,13-14H2,1-3H3,(H,30,33)/t18-/m0/s1. The van der Waals surface area contributed by atoms with Crippen LogP contribution in [0.3, 0.4) is 0 Å². The Labute approximate surface area is 205 Å². The van der Waals surface area contributed by atoms with Crippen LogP contribution in [0.25, 0.3) is 0 Å². The Kier molecular flexibility index (Phi) is 10.2. The highest BCUT2D eigenvalue weighted by Gasteiger charge is 2.27. The van der Waals surface area contributed by atoms with Gasteiger partial charge in [-0.1, -0.05) is 30.3 Å². The summed E-state index contributed by atoms with van der Waals surface area (Å²) < 4.78 is 69.4. The summed E-state index contributed by atoms with van der Waals surface area (Å²) in [6.07, 6.45) is -1.03. The van der Waals surface area contributed by atoms with Gasteiger partial charge in [0.05, 0.1) is 6.04 Å². The van der Waals surface area contributed by atoms with E-state index in [4.69, 9.17) is 14.2 Å². The largest absolute Gasteiger partial charge is 0.479 e. The number of ether oxygens (including phenoxy) is 3. The maximum absolute atomic E-state index is 13.8. The smallest absolute Gasteiger partial charge is 0.408 e. The Morgan fingerprint density at radius 2 is 1.58 bits per heavy atom. The number of carbonyl (C=O) groups is 3. The van der Waals surface area contributed by atoms with Crippen LogP contribution in [0.5, 0.6) is 5.75 Å². The van der Waals surface area contributed by atoms with Crippen molar-refractivity contribution >= 4 is 17.8 Å². The molecule has 0 radical (unpaired) electrons. The third kappa shape index (κ3) is 9.20. The van der Waals surface area contributed by atoms with Crippen LogP contribution in [0.4, 0.5) is 22.4 Å². The number of esters is 1. The van der Waals surface area contributed by atoms with Gasteiger partial charge in [-0.3, -0.25) is 9.59 Å². The highest BCUT2D eigenvalue weighted by Crippen LogP contribution is 2.26. The van der Waals surface area contributed by atoms with Crippen molar-refractivity contribution in [2.75, 3.05) is 6.61 Å². The number of Topliss-reactive ketones (excluding diaryl/α,β-unsaturated/α-hetero) is 1. The van der Waals surface area contributed by atoms with Crippen LogP contribution in [0.1, 0.15) is 45.6 Å². The fourth-order valence-electron chi connectivity index (χ4n) is 2.95. The molecule has 0 bridgehead atoms. The van der Waals surface area contributed by atoms with E-state index in [2.05, 4.69) is 5.32 Å². The minimum absolute atomic E-state index is 0.00306. The number of carbonyl (C=O) groups excluding carboxylic acids is 3. The highest BCUT2D eigenvalue weighted by atomic mass is 19.2. The molecule has 0 saturated carbocycles. The fraction of sp³-hybridized carbons (Fsp3) is 0.400. The number of ketones is 1. The van der Waals surface area contributed by atoms with Crippen molar-refractivity contribution in [2.45, 2.75) is 58.3 Å². The molecule has 2 rings (SSSR count). The summed E-state index contributed by atoms with van der Waals surface area (Å²) in [7, 11) is 0. The van der Waals surface area contributed by atoms with Crippen LogP contribution < -0.4 is 10.1 Å². The van der Waals surface area contributed by atoms with Crippen molar-refractivity contribution in [3.05, 3.63) is 65.2 Å². The first-order valence-electron chi connectivity index (χ1n) is 11.0. The van der Waals surface area contributed by atoms with Crippen molar-refractivity contribution in [2.24, 2.45) is 0 Å². The molecule has 0 heterocycles. The zero-order valence-electron chi connectivity index (χ0n) is 20.0. The second kappa shape index (κ2) is 12.9. The van der Waals surface area contributed by atoms with E-state index in [1.54, 1.807) is 45.0 Å². The quantitative estimate of drug-likeness (QED) is 0.258. The lowest BCUT2D eigenvalue weighted by atomic mass is 10.1. The van der Waals surface area contributed by atoms with E-state index in [-0.39, 0.29) is 31.9 Å². The van der Waals surface area contributed by atoms with E-state index in [9.17, 15) is 31.9 Å². The summed E-state index contributed by atoms with van der Waals surface area (Å²) in [4.78, 5) is 36.8. The van der Waals surface area contributed by atoms with Crippen LogP contribution in [0, 0.1) is 23.3 Å². The molecule has 0 unspecified atom stereocenters. The molecule has 0 spiro atoms. The van der Waals surface area contributed by atoms with Gasteiger partial charge in [-0.2, -0.15) is 8.78 Å². The lowest BCUT2D eigenvalue weighted by molar-refractivity contribution is -0.145. The van der Waals surface area contributed by atoms with Crippen LogP contribution in [0.2, 0.25) is 0 Å². The van der Waals surface area contributed by atoms with Crippen molar-refractivity contribution < 1.29 is 46.2 Å². The Morgan fingerprint density at radius 1 is 0.972 bits per heavy atom. The molecule has 196 valence electrons. The van der Waals surface area contributed by atoms with Gasteiger partial charge in [-0.05, 0) is 39.2 Å². The summed E-state index contributed by atoms with van der Waals surface area (Å²) in [5.41, 5.74) is -0.100. The van der Waals surface area contributed by atoms with Crippen molar-refractivity contribution in [3.63, 3.8) is 0 Å². The molecule has 0 aromatic heterocycles. The number of halogens is 4. The molecule has 7 nitrogen and oxygen atoms in total. The van der Waals surface area contributed by atoms with Gasteiger partial charge in [-0.15, -0.1) is 0 Å². The SMILES string of the molecule is CC(C)(C)OC(=O)N[C@@H](CCCC(=O)OCc1ccccc1)C(=O)COc1c(F)c(F)cc(F)c1F. The van der Waals surface area contributed by atoms with Gasteiger partial charge in [0.1, 0.15) is 18.8 Å². The molecule has 2 aromatic carbocycles. The molecule has 2 aromatic rings. The fourth-order valence-corrected chi connectivity index (χ4v) is 2.95. The van der Waals surface area contributed by atoms with Crippen LogP contribution in [-0.2, 0) is 25.7 Å². The lowest BCUT2D eigenvalue weighted by Gasteiger charge is -2.23. The third-order valence-electron chi connectivity index (χ3n) is 4.63. The summed E-state index contributed by atoms with van der Waals surface area (Å²) in [6.45, 7) is 3.83. The second-order valence-electron chi connectivity index (χ2n) is 8.79. The van der Waals surface area contributed by atoms with E-state index in [0.29, 0.717) is 0 Å². The second-order valence-corrected chi connectivity index (χ2v) is 8.79. The van der Waals surface area contributed by atoms with E-state index < -0.39 is 65.1 Å². The molecule has 0 aliphatic heterocycles. The van der Waals surface area contributed by atoms with Gasteiger partial charge < -0.3 is 19.5 Å². The topological polar surface area (TPSA) is 90.9 Å². The number of alkyl carbamates (subject to hydrolysis) is 1. The molecular weight excluding hydrogens is 486 g/mol. The van der Waals surface area contributed by atoms with Crippen molar-refractivity contribution in [1.82, 2.24) is 5.32 Å². The average molecular weight is 513 g/mol. The number of hydrogen-bond donors (Lipinski definition) is 1. The zero-order valence-corrected chi connectivity index (χ0v) is 20.0. The van der Waals surface area contributed by atoms with E-state index >= 15 is 0 Å². The predicted octanol–water partition coefficient (Wildman–Crippen LogP) is 5.00. The minimum Gasteiger partial charge on any atom is -0.479 e. The number of rotatable bonds is 11. The first-order valence-corrected chi connectivity index (χ1v) is 11.0. The summed E-state index contributed by atoms with van der Waals surface area (Å²) in [5, 5.41) is 2.31. The lowest BCUT2D eigenvalue weighted by Crippen LogP contribution is -2.45. The Hall–Kier alpha value is -3.63. The Balaban J connectivity index is 1.99. The maximum atomic E-state index is 13.8. The summed E-state index contributed by atoms with van der Waals surface area (Å²) in [6, 6.07) is 7.68. The van der Waals surface area contributed by atoms with E-state index in [1.807, 2.05) is 6.07 Å². The third-order valence-corrected chi connectivity index (χ3v) is 4.63. The number of amides is 1. The molecule has 0 aliphatic rings. The molecule has 1 atom stereocenters. The van der Waals surface area contributed by atoms with Crippen molar-refractivity contribution in [1.29, 1.82) is 0 Å². The number of nitrogens with one attached hydrogen (secondary N) is 1. The number of hydrogen-bond acceptors (Lipinski definition) is 6. The predicted molar refractivity (Wildman–Crippen MR) is 120 cm³/mol. The van der Waals surface area contributed by atoms with Gasteiger partial charge in [0.15, 0.2) is 23.2 Å². The minimum atomic E-state index is -1.81. The van der Waals surface area contributed by atoms with Crippen LogP contribution in [-0.4, -0.2) is 36.1 Å². The van der Waals surface area contributed by atoms with Gasteiger partial charge in [0.2, 0.25) is 11.6 Å². The highest BCUT2D eigenvalue weighted by molar-refractivity contribution is 5.88. The molecule has 0 fully saturated rings. The first kappa shape index (κ1) is 28.6. The first-order chi connectivity index (χ1) is 16.9. The Bertz CT molecular complexity index is 1050. The van der Waals surface area contributed by atoms with Crippen LogP contribution in [0.15, 0.2) is 36.4 Å². The molecule has 0 aliphatic carbocycles. The summed E-state index contributed by atoms with van der Waals surface area (Å²) in [5.74, 6) is -9.83. The monoisotopic (exact) mass is 513 g/mol. The molecular formula is C25H27F4NO6.